The van der Waals surface area contributed by atoms with E-state index in [-0.39, 0.29) is 11.3 Å². The zero-order valence-corrected chi connectivity index (χ0v) is 16.0. The molecule has 2 aromatic carbocycles. The highest BCUT2D eigenvalue weighted by Crippen LogP contribution is 2.37. The van der Waals surface area contributed by atoms with E-state index in [1.807, 2.05) is 42.5 Å². The molecule has 0 aromatic heterocycles. The van der Waals surface area contributed by atoms with Crippen molar-refractivity contribution in [1.29, 1.82) is 0 Å². The number of allylic oxidation sites excluding steroid dienone is 1. The van der Waals surface area contributed by atoms with E-state index >= 15 is 0 Å². The monoisotopic (exact) mass is 368 g/mol. The molecule has 0 radical (unpaired) electrons. The van der Waals surface area contributed by atoms with E-state index in [0.717, 1.165) is 16.3 Å². The minimum absolute atomic E-state index is 0.273. The van der Waals surface area contributed by atoms with Crippen LogP contribution in [-0.2, 0) is 4.74 Å². The Kier molecular flexibility index (Phi) is 4.91. The molecule has 0 spiro atoms. The van der Waals surface area contributed by atoms with Gasteiger partial charge in [-0.15, -0.1) is 0 Å². The average Bonchev–Trinajstić information content (AvgIpc) is 2.59. The summed E-state index contributed by atoms with van der Waals surface area (Å²) in [5, 5.41) is 13.8. The van der Waals surface area contributed by atoms with E-state index in [1.165, 1.54) is 4.90 Å². The molecule has 0 saturated carbocycles. The Bertz CT molecular complexity index is 914. The van der Waals surface area contributed by atoms with Crippen LogP contribution in [0.2, 0.25) is 0 Å². The molecule has 6 heteroatoms. The standard InChI is InChI=1S/C21H24N2O4/c1-14-9-12-18(23(25)26)19(22(14)20(24)27-21(2,3)4)17-11-10-15-7-5-6-8-16(15)13-17/h5-11,13,18-19H,12H2,1-4H3/t18-,19+/m1/s1. The highest BCUT2D eigenvalue weighted by Gasteiger charge is 2.44. The van der Waals surface area contributed by atoms with Crippen LogP contribution in [0.5, 0.6) is 0 Å². The fourth-order valence-electron chi connectivity index (χ4n) is 3.44. The summed E-state index contributed by atoms with van der Waals surface area (Å²) in [5.41, 5.74) is 0.710. The molecule has 0 unspecified atom stereocenters. The molecule has 0 bridgehead atoms. The van der Waals surface area contributed by atoms with Gasteiger partial charge in [0.1, 0.15) is 11.6 Å². The summed E-state index contributed by atoms with van der Waals surface area (Å²) >= 11 is 0. The van der Waals surface area contributed by atoms with Crippen molar-refractivity contribution < 1.29 is 14.5 Å². The quantitative estimate of drug-likeness (QED) is 0.548. The van der Waals surface area contributed by atoms with E-state index in [2.05, 4.69) is 0 Å². The van der Waals surface area contributed by atoms with Crippen molar-refractivity contribution in [2.75, 3.05) is 0 Å². The van der Waals surface area contributed by atoms with Crippen LogP contribution in [-0.4, -0.2) is 27.6 Å². The Morgan fingerprint density at radius 2 is 1.85 bits per heavy atom. The van der Waals surface area contributed by atoms with Crippen LogP contribution >= 0.6 is 0 Å². The maximum atomic E-state index is 12.9. The van der Waals surface area contributed by atoms with Gasteiger partial charge in [0.2, 0.25) is 6.04 Å². The van der Waals surface area contributed by atoms with Crippen LogP contribution < -0.4 is 0 Å². The van der Waals surface area contributed by atoms with E-state index in [9.17, 15) is 14.9 Å². The average molecular weight is 368 g/mol. The summed E-state index contributed by atoms with van der Waals surface area (Å²) < 4.78 is 5.54. The molecule has 0 N–H and O–H groups in total. The zero-order valence-electron chi connectivity index (χ0n) is 16.0. The Hall–Kier alpha value is -2.89. The largest absolute Gasteiger partial charge is 0.443 e. The summed E-state index contributed by atoms with van der Waals surface area (Å²) in [5.74, 6) is 0. The molecule has 1 aliphatic heterocycles. The van der Waals surface area contributed by atoms with Gasteiger partial charge >= 0.3 is 6.09 Å². The molecule has 0 saturated heterocycles. The molecule has 27 heavy (non-hydrogen) atoms. The minimum Gasteiger partial charge on any atom is -0.443 e. The summed E-state index contributed by atoms with van der Waals surface area (Å²) in [6.45, 7) is 7.13. The van der Waals surface area contributed by atoms with Gasteiger partial charge < -0.3 is 4.74 Å². The van der Waals surface area contributed by atoms with E-state index in [1.54, 1.807) is 33.8 Å². The maximum absolute atomic E-state index is 12.9. The molecule has 0 aliphatic carbocycles. The van der Waals surface area contributed by atoms with Crippen molar-refractivity contribution in [2.45, 2.75) is 51.8 Å². The second-order valence-electron chi connectivity index (χ2n) is 7.84. The normalized spacial score (nSPS) is 20.3. The van der Waals surface area contributed by atoms with Gasteiger partial charge in [0, 0.05) is 17.0 Å². The van der Waals surface area contributed by atoms with Gasteiger partial charge in [-0.3, -0.25) is 15.0 Å². The summed E-state index contributed by atoms with van der Waals surface area (Å²) in [6.07, 6.45) is 1.44. The third-order valence-corrected chi connectivity index (χ3v) is 4.65. The van der Waals surface area contributed by atoms with Gasteiger partial charge in [-0.2, -0.15) is 0 Å². The predicted molar refractivity (Wildman–Crippen MR) is 104 cm³/mol. The van der Waals surface area contributed by atoms with Gasteiger partial charge in [0.05, 0.1) is 0 Å². The fourth-order valence-corrected chi connectivity index (χ4v) is 3.44. The first kappa shape index (κ1) is 18.9. The van der Waals surface area contributed by atoms with E-state index in [0.29, 0.717) is 5.70 Å². The molecule has 2 aromatic rings. The van der Waals surface area contributed by atoms with Gasteiger partial charge in [-0.25, -0.2) is 4.79 Å². The number of carbonyl (C=O) groups is 1. The smallest absolute Gasteiger partial charge is 0.415 e. The number of nitrogens with zero attached hydrogens (tertiary/aromatic N) is 2. The Labute approximate surface area is 158 Å². The number of ether oxygens (including phenoxy) is 1. The van der Waals surface area contributed by atoms with Crippen molar-refractivity contribution in [3.8, 4) is 0 Å². The molecule has 142 valence electrons. The number of carbonyl (C=O) groups excluding carboxylic acids is 1. The molecule has 1 aliphatic rings. The fraction of sp³-hybridized carbons (Fsp3) is 0.381. The molecular formula is C21H24N2O4. The number of benzene rings is 2. The Morgan fingerprint density at radius 3 is 2.48 bits per heavy atom. The topological polar surface area (TPSA) is 72.7 Å². The van der Waals surface area contributed by atoms with Gasteiger partial charge in [0.25, 0.3) is 0 Å². The zero-order chi connectivity index (χ0) is 19.8. The lowest BCUT2D eigenvalue weighted by Gasteiger charge is -2.37. The van der Waals surface area contributed by atoms with E-state index < -0.39 is 23.8 Å². The first-order valence-electron chi connectivity index (χ1n) is 8.98. The highest BCUT2D eigenvalue weighted by atomic mass is 16.6. The van der Waals surface area contributed by atoms with Gasteiger partial charge in [-0.1, -0.05) is 42.5 Å². The van der Waals surface area contributed by atoms with Crippen molar-refractivity contribution in [2.24, 2.45) is 0 Å². The van der Waals surface area contributed by atoms with Gasteiger partial charge in [0.15, 0.2) is 0 Å². The van der Waals surface area contributed by atoms with Crippen LogP contribution in [0, 0.1) is 10.1 Å². The molecule has 3 rings (SSSR count). The highest BCUT2D eigenvalue weighted by molar-refractivity contribution is 5.83. The number of nitro groups is 1. The molecular weight excluding hydrogens is 344 g/mol. The summed E-state index contributed by atoms with van der Waals surface area (Å²) in [6, 6.07) is 11.9. The second kappa shape index (κ2) is 7.02. The van der Waals surface area contributed by atoms with Crippen molar-refractivity contribution in [1.82, 2.24) is 4.90 Å². The molecule has 0 fully saturated rings. The lowest BCUT2D eigenvalue weighted by atomic mass is 9.90. The lowest BCUT2D eigenvalue weighted by molar-refractivity contribution is -0.530. The van der Waals surface area contributed by atoms with Gasteiger partial charge in [-0.05, 0) is 50.1 Å². The molecule has 1 amide bonds. The molecule has 2 atom stereocenters. The first-order valence-corrected chi connectivity index (χ1v) is 8.98. The van der Waals surface area contributed by atoms with E-state index in [4.69, 9.17) is 4.74 Å². The van der Waals surface area contributed by atoms with Crippen LogP contribution in [0.1, 0.15) is 45.7 Å². The number of hydrogen-bond acceptors (Lipinski definition) is 4. The van der Waals surface area contributed by atoms with Crippen LogP contribution in [0.25, 0.3) is 10.8 Å². The number of fused-ring (bicyclic) bond motifs is 1. The van der Waals surface area contributed by atoms with Crippen molar-refractivity contribution >= 4 is 16.9 Å². The van der Waals surface area contributed by atoms with Crippen LogP contribution in [0.15, 0.2) is 54.2 Å². The molecule has 6 nitrogen and oxygen atoms in total. The Morgan fingerprint density at radius 1 is 1.19 bits per heavy atom. The number of hydrogen-bond donors (Lipinski definition) is 0. The predicted octanol–water partition coefficient (Wildman–Crippen LogP) is 5.07. The SMILES string of the molecule is CC1=CC[C@@H]([N+](=O)[O-])[C@H](c2ccc3ccccc3c2)N1C(=O)OC(C)(C)C. The number of amides is 1. The third-order valence-electron chi connectivity index (χ3n) is 4.65. The summed E-state index contributed by atoms with van der Waals surface area (Å²) in [7, 11) is 0. The number of rotatable bonds is 2. The van der Waals surface area contributed by atoms with Crippen molar-refractivity contribution in [3.05, 3.63) is 69.9 Å². The lowest BCUT2D eigenvalue weighted by Crippen LogP contribution is -2.46. The third kappa shape index (κ3) is 3.94. The Balaban J connectivity index is 2.10. The van der Waals surface area contributed by atoms with Crippen molar-refractivity contribution in [3.63, 3.8) is 0 Å². The van der Waals surface area contributed by atoms with Crippen LogP contribution in [0.4, 0.5) is 4.79 Å². The second-order valence-corrected chi connectivity index (χ2v) is 7.84. The summed E-state index contributed by atoms with van der Waals surface area (Å²) in [4.78, 5) is 25.8. The first-order chi connectivity index (χ1) is 12.7. The molecule has 1 heterocycles. The minimum atomic E-state index is -0.928. The van der Waals surface area contributed by atoms with Crippen LogP contribution in [0.3, 0.4) is 0 Å². The maximum Gasteiger partial charge on any atom is 0.415 e.